The highest BCUT2D eigenvalue weighted by Crippen LogP contribution is 2.53. The van der Waals surface area contributed by atoms with Gasteiger partial charge in [-0.15, -0.1) is 34.4 Å². The number of rotatable bonds is 6. The Balaban J connectivity index is 0.831. The Hall–Kier alpha value is -6.51. The summed E-state index contributed by atoms with van der Waals surface area (Å²) in [4.78, 5) is 21.4. The number of hydrogen-bond donors (Lipinski definition) is 0. The molecule has 3 aromatic heterocycles. The molecule has 0 fully saturated rings. The minimum atomic E-state index is 0.300. The maximum absolute atomic E-state index is 5.09. The lowest BCUT2D eigenvalue weighted by Gasteiger charge is -2.23. The summed E-state index contributed by atoms with van der Waals surface area (Å²) < 4.78 is 3.72. The third-order valence-electron chi connectivity index (χ3n) is 11.4. The second-order valence-corrected chi connectivity index (χ2v) is 18.2. The Kier molecular flexibility index (Phi) is 8.25. The van der Waals surface area contributed by atoms with Gasteiger partial charge in [0.25, 0.3) is 0 Å². The maximum Gasteiger partial charge on any atom is 0.164 e. The lowest BCUT2D eigenvalue weighted by Crippen LogP contribution is -2.13. The summed E-state index contributed by atoms with van der Waals surface area (Å²) >= 11 is 5.52. The summed E-state index contributed by atoms with van der Waals surface area (Å²) in [5, 5.41) is 3.90. The van der Waals surface area contributed by atoms with Gasteiger partial charge >= 0.3 is 0 Å². The number of nitrogens with zero attached hydrogens (tertiary/aromatic N) is 4. The predicted octanol–water partition coefficient (Wildman–Crippen LogP) is 14.4. The van der Waals surface area contributed by atoms with E-state index in [0.29, 0.717) is 28.6 Å². The summed E-state index contributed by atoms with van der Waals surface area (Å²) in [5.74, 6) is 2.30. The van der Waals surface area contributed by atoms with Crippen LogP contribution in [0.3, 0.4) is 0 Å². The molecule has 1 aliphatic carbocycles. The molecule has 0 saturated heterocycles. The average Bonchev–Trinajstić information content (AvgIpc) is 4.02. The van der Waals surface area contributed by atoms with Crippen molar-refractivity contribution in [3.8, 4) is 55.9 Å². The van der Waals surface area contributed by atoms with E-state index in [1.165, 1.54) is 57.6 Å². The van der Waals surface area contributed by atoms with Crippen LogP contribution < -0.4 is 0 Å². The van der Waals surface area contributed by atoms with Gasteiger partial charge in [-0.05, 0) is 64.2 Å². The zero-order chi connectivity index (χ0) is 38.9. The first-order valence-corrected chi connectivity index (χ1v) is 22.2. The first-order valence-electron chi connectivity index (χ1n) is 19.7. The average molecular weight is 809 g/mol. The molecule has 0 radical (unpaired) electrons. The minimum absolute atomic E-state index is 0.300. The smallest absolute Gasteiger partial charge is 0.164 e. The van der Waals surface area contributed by atoms with Crippen LogP contribution in [-0.2, 0) is 0 Å². The summed E-state index contributed by atoms with van der Waals surface area (Å²) in [6.45, 7) is 0. The maximum atomic E-state index is 5.09. The lowest BCUT2D eigenvalue weighted by atomic mass is 9.84. The molecule has 0 N–H and O–H groups in total. The standard InChI is InChI=1S/C52H32N4S3/c1-2-9-33(10-3-1)49-54-50(56-51(55-49)37-25-27-40-39-11-4-6-15-44(39)57-47(40)30-37)34-21-19-32(20-22-34)38-12-8-13-41-42-29-36(26-28-45(42)58-48(38)41)31-17-23-35(24-18-31)52-53-43-14-5-7-16-46(43)59-52/h1-30,41,48H. The molecule has 4 heterocycles. The third kappa shape index (κ3) is 6.13. The van der Waals surface area contributed by atoms with Crippen LogP contribution in [0.1, 0.15) is 17.0 Å². The molecule has 7 aromatic carbocycles. The van der Waals surface area contributed by atoms with E-state index in [4.69, 9.17) is 19.9 Å². The Labute approximate surface area is 353 Å². The second kappa shape index (κ2) is 14.1. The van der Waals surface area contributed by atoms with Crippen LogP contribution in [0.2, 0.25) is 0 Å². The Morgan fingerprint density at radius 1 is 0.424 bits per heavy atom. The zero-order valence-electron chi connectivity index (χ0n) is 31.5. The first-order chi connectivity index (χ1) is 29.2. The highest BCUT2D eigenvalue weighted by Gasteiger charge is 2.36. The fourth-order valence-electron chi connectivity index (χ4n) is 8.39. The van der Waals surface area contributed by atoms with Crippen molar-refractivity contribution < 1.29 is 0 Å². The van der Waals surface area contributed by atoms with E-state index in [1.54, 1.807) is 22.7 Å². The lowest BCUT2D eigenvalue weighted by molar-refractivity contribution is 0.893. The van der Waals surface area contributed by atoms with Gasteiger partial charge < -0.3 is 0 Å². The molecule has 0 spiro atoms. The van der Waals surface area contributed by atoms with E-state index in [2.05, 4.69) is 158 Å². The van der Waals surface area contributed by atoms with Crippen molar-refractivity contribution in [1.29, 1.82) is 0 Å². The summed E-state index contributed by atoms with van der Waals surface area (Å²) in [6, 6.07) is 58.3. The number of thioether (sulfide) groups is 1. The summed E-state index contributed by atoms with van der Waals surface area (Å²) in [7, 11) is 0. The van der Waals surface area contributed by atoms with Gasteiger partial charge in [-0.3, -0.25) is 0 Å². The van der Waals surface area contributed by atoms with Gasteiger partial charge in [0.1, 0.15) is 5.01 Å². The van der Waals surface area contributed by atoms with Gasteiger partial charge in [-0.25, -0.2) is 19.9 Å². The number of benzene rings is 7. The van der Waals surface area contributed by atoms with E-state index in [0.717, 1.165) is 32.8 Å². The topological polar surface area (TPSA) is 51.6 Å². The first kappa shape index (κ1) is 34.5. The SMILES string of the molecule is C1=CC2c3cc(-c4ccc(-c5nc6ccccc6s5)cc4)ccc3SC2C(c2ccc(-c3nc(-c4ccccc4)nc(-c4ccc5c(c4)sc4ccccc45)n3)cc2)=C1. The van der Waals surface area contributed by atoms with Crippen LogP contribution in [0, 0.1) is 0 Å². The fourth-order valence-corrected chi connectivity index (χ4v) is 12.0. The number of thiazole rings is 1. The van der Waals surface area contributed by atoms with Crippen LogP contribution in [0.15, 0.2) is 187 Å². The molecule has 0 saturated carbocycles. The monoisotopic (exact) mass is 808 g/mol. The van der Waals surface area contributed by atoms with E-state index in [1.807, 2.05) is 36.0 Å². The number of allylic oxidation sites excluding steroid dienone is 3. The molecule has 0 amide bonds. The molecule has 4 nitrogen and oxygen atoms in total. The Bertz CT molecular complexity index is 3270. The summed E-state index contributed by atoms with van der Waals surface area (Å²) in [5.41, 5.74) is 11.5. The van der Waals surface area contributed by atoms with Gasteiger partial charge in [0.15, 0.2) is 17.5 Å². The van der Waals surface area contributed by atoms with Crippen LogP contribution in [0.4, 0.5) is 0 Å². The Morgan fingerprint density at radius 3 is 1.86 bits per heavy atom. The molecule has 7 heteroatoms. The molecule has 2 aliphatic rings. The van der Waals surface area contributed by atoms with Crippen molar-refractivity contribution in [2.75, 3.05) is 0 Å². The molecule has 12 rings (SSSR count). The van der Waals surface area contributed by atoms with Crippen LogP contribution in [-0.4, -0.2) is 25.2 Å². The van der Waals surface area contributed by atoms with Crippen LogP contribution in [0.25, 0.3) is 91.8 Å². The molecule has 1 aliphatic heterocycles. The number of thiophene rings is 1. The van der Waals surface area contributed by atoms with E-state index in [9.17, 15) is 0 Å². The molecule has 0 bridgehead atoms. The van der Waals surface area contributed by atoms with Crippen molar-refractivity contribution in [2.24, 2.45) is 0 Å². The quantitative estimate of drug-likeness (QED) is 0.167. The second-order valence-electron chi connectivity index (χ2n) is 14.9. The molecule has 10 aromatic rings. The largest absolute Gasteiger partial charge is 0.236 e. The van der Waals surface area contributed by atoms with Gasteiger partial charge in [0.05, 0.1) is 10.2 Å². The van der Waals surface area contributed by atoms with Gasteiger partial charge in [-0.1, -0.05) is 146 Å². The zero-order valence-corrected chi connectivity index (χ0v) is 33.9. The molecular formula is C52H32N4S3. The van der Waals surface area contributed by atoms with Gasteiger partial charge in [0.2, 0.25) is 0 Å². The Morgan fingerprint density at radius 2 is 1.05 bits per heavy atom. The van der Waals surface area contributed by atoms with E-state index >= 15 is 0 Å². The third-order valence-corrected chi connectivity index (χ3v) is 15.0. The van der Waals surface area contributed by atoms with Crippen molar-refractivity contribution in [1.82, 2.24) is 19.9 Å². The van der Waals surface area contributed by atoms with Crippen molar-refractivity contribution in [2.45, 2.75) is 16.1 Å². The number of fused-ring (bicyclic) bond motifs is 7. The number of aromatic nitrogens is 4. The molecule has 2 atom stereocenters. The van der Waals surface area contributed by atoms with Crippen molar-refractivity contribution in [3.05, 3.63) is 193 Å². The minimum Gasteiger partial charge on any atom is -0.236 e. The fraction of sp³-hybridized carbons (Fsp3) is 0.0385. The summed E-state index contributed by atoms with van der Waals surface area (Å²) in [6.07, 6.45) is 6.89. The van der Waals surface area contributed by atoms with Crippen molar-refractivity contribution in [3.63, 3.8) is 0 Å². The number of hydrogen-bond acceptors (Lipinski definition) is 7. The van der Waals surface area contributed by atoms with Crippen LogP contribution >= 0.6 is 34.4 Å². The number of para-hydroxylation sites is 1. The highest BCUT2D eigenvalue weighted by atomic mass is 32.2. The predicted molar refractivity (Wildman–Crippen MR) is 249 cm³/mol. The normalized spacial score (nSPS) is 15.8. The highest BCUT2D eigenvalue weighted by molar-refractivity contribution is 8.00. The molecule has 278 valence electrons. The van der Waals surface area contributed by atoms with E-state index in [-0.39, 0.29) is 0 Å². The van der Waals surface area contributed by atoms with Gasteiger partial charge in [-0.2, -0.15) is 0 Å². The molecular weight excluding hydrogens is 777 g/mol. The van der Waals surface area contributed by atoms with Gasteiger partial charge in [0, 0.05) is 58.5 Å². The molecule has 2 unspecified atom stereocenters. The van der Waals surface area contributed by atoms with E-state index < -0.39 is 0 Å². The molecule has 59 heavy (non-hydrogen) atoms. The van der Waals surface area contributed by atoms with Crippen LogP contribution in [0.5, 0.6) is 0 Å². The van der Waals surface area contributed by atoms with Crippen molar-refractivity contribution >= 4 is 70.4 Å².